The highest BCUT2D eigenvalue weighted by Crippen LogP contribution is 2.21. The molecular formula is C20H19NO3. The minimum absolute atomic E-state index is 0.121. The highest BCUT2D eigenvalue weighted by atomic mass is 16.4. The Morgan fingerprint density at radius 3 is 2.58 bits per heavy atom. The molecule has 4 nitrogen and oxygen atoms in total. The van der Waals surface area contributed by atoms with Gasteiger partial charge < -0.3 is 9.73 Å². The SMILES string of the molecule is Cc1ccc2c(C)c(CCC(=O)Nc3ccccc3)c(=O)oc2c1. The van der Waals surface area contributed by atoms with E-state index in [0.717, 1.165) is 22.2 Å². The third-order valence-corrected chi connectivity index (χ3v) is 4.10. The Morgan fingerprint density at radius 2 is 1.83 bits per heavy atom. The Hall–Kier alpha value is -2.88. The highest BCUT2D eigenvalue weighted by molar-refractivity contribution is 5.91. The van der Waals surface area contributed by atoms with Crippen LogP contribution in [0.15, 0.2) is 57.7 Å². The van der Waals surface area contributed by atoms with E-state index in [2.05, 4.69) is 5.32 Å². The van der Waals surface area contributed by atoms with Crippen molar-refractivity contribution in [1.29, 1.82) is 0 Å². The van der Waals surface area contributed by atoms with Crippen LogP contribution in [0.4, 0.5) is 5.69 Å². The van der Waals surface area contributed by atoms with E-state index in [4.69, 9.17) is 4.42 Å². The van der Waals surface area contributed by atoms with Crippen molar-refractivity contribution in [3.63, 3.8) is 0 Å². The number of amides is 1. The zero-order valence-corrected chi connectivity index (χ0v) is 13.8. The van der Waals surface area contributed by atoms with Gasteiger partial charge >= 0.3 is 5.63 Å². The Bertz CT molecular complexity index is 942. The molecule has 0 aliphatic carbocycles. The summed E-state index contributed by atoms with van der Waals surface area (Å²) < 4.78 is 5.42. The van der Waals surface area contributed by atoms with Gasteiger partial charge in [0, 0.05) is 23.1 Å². The summed E-state index contributed by atoms with van der Waals surface area (Å²) in [6.45, 7) is 3.86. The Balaban J connectivity index is 1.79. The third kappa shape index (κ3) is 3.38. The molecule has 3 rings (SSSR count). The Kier molecular flexibility index (Phi) is 4.47. The van der Waals surface area contributed by atoms with Crippen LogP contribution in [0.25, 0.3) is 11.0 Å². The molecule has 0 bridgehead atoms. The van der Waals surface area contributed by atoms with Gasteiger partial charge in [-0.3, -0.25) is 4.79 Å². The van der Waals surface area contributed by atoms with Crippen LogP contribution < -0.4 is 10.9 Å². The number of hydrogen-bond donors (Lipinski definition) is 1. The van der Waals surface area contributed by atoms with E-state index < -0.39 is 0 Å². The molecule has 0 radical (unpaired) electrons. The van der Waals surface area contributed by atoms with Crippen molar-refractivity contribution in [2.75, 3.05) is 5.32 Å². The van der Waals surface area contributed by atoms with E-state index in [9.17, 15) is 9.59 Å². The van der Waals surface area contributed by atoms with Gasteiger partial charge in [0.15, 0.2) is 0 Å². The third-order valence-electron chi connectivity index (χ3n) is 4.10. The van der Waals surface area contributed by atoms with Crippen molar-refractivity contribution in [1.82, 2.24) is 0 Å². The minimum atomic E-state index is -0.363. The molecule has 24 heavy (non-hydrogen) atoms. The maximum Gasteiger partial charge on any atom is 0.339 e. The van der Waals surface area contributed by atoms with E-state index in [-0.39, 0.29) is 18.0 Å². The maximum absolute atomic E-state index is 12.2. The van der Waals surface area contributed by atoms with Gasteiger partial charge in [-0.25, -0.2) is 4.79 Å². The molecule has 4 heteroatoms. The molecule has 2 aromatic carbocycles. The van der Waals surface area contributed by atoms with Crippen molar-refractivity contribution >= 4 is 22.6 Å². The summed E-state index contributed by atoms with van der Waals surface area (Å²) >= 11 is 0. The van der Waals surface area contributed by atoms with Gasteiger partial charge in [0.2, 0.25) is 5.91 Å². The topological polar surface area (TPSA) is 59.3 Å². The summed E-state index contributed by atoms with van der Waals surface area (Å²) in [6.07, 6.45) is 0.592. The molecular weight excluding hydrogens is 302 g/mol. The van der Waals surface area contributed by atoms with E-state index in [0.29, 0.717) is 17.6 Å². The molecule has 0 unspecified atom stereocenters. The molecule has 0 saturated heterocycles. The van der Waals surface area contributed by atoms with E-state index >= 15 is 0 Å². The first-order valence-electron chi connectivity index (χ1n) is 7.92. The molecule has 0 atom stereocenters. The average molecular weight is 321 g/mol. The van der Waals surface area contributed by atoms with Gasteiger partial charge in [0.05, 0.1) is 0 Å². The fraction of sp³-hybridized carbons (Fsp3) is 0.200. The van der Waals surface area contributed by atoms with Crippen LogP contribution in [0.1, 0.15) is 23.1 Å². The van der Waals surface area contributed by atoms with Crippen molar-refractivity contribution in [3.05, 3.63) is 75.6 Å². The van der Waals surface area contributed by atoms with Gasteiger partial charge in [0.1, 0.15) is 5.58 Å². The molecule has 0 aliphatic rings. The first-order chi connectivity index (χ1) is 11.5. The quantitative estimate of drug-likeness (QED) is 0.739. The van der Waals surface area contributed by atoms with Gasteiger partial charge in [-0.2, -0.15) is 0 Å². The van der Waals surface area contributed by atoms with Crippen LogP contribution in [0.5, 0.6) is 0 Å². The second kappa shape index (κ2) is 6.71. The Labute approximate surface area is 140 Å². The molecule has 122 valence electrons. The number of anilines is 1. The Morgan fingerprint density at radius 1 is 1.08 bits per heavy atom. The lowest BCUT2D eigenvalue weighted by molar-refractivity contribution is -0.116. The van der Waals surface area contributed by atoms with Crippen LogP contribution in [0.2, 0.25) is 0 Å². The van der Waals surface area contributed by atoms with Crippen LogP contribution in [0.3, 0.4) is 0 Å². The zero-order valence-electron chi connectivity index (χ0n) is 13.8. The van der Waals surface area contributed by atoms with E-state index in [1.807, 2.05) is 62.4 Å². The van der Waals surface area contributed by atoms with Crippen LogP contribution in [0, 0.1) is 13.8 Å². The lowest BCUT2D eigenvalue weighted by Crippen LogP contribution is -2.16. The average Bonchev–Trinajstić information content (AvgIpc) is 2.55. The van der Waals surface area contributed by atoms with Crippen molar-refractivity contribution < 1.29 is 9.21 Å². The van der Waals surface area contributed by atoms with Crippen molar-refractivity contribution in [2.45, 2.75) is 26.7 Å². The molecule has 1 aromatic heterocycles. The van der Waals surface area contributed by atoms with Gasteiger partial charge in [-0.1, -0.05) is 30.3 Å². The molecule has 1 amide bonds. The predicted octanol–water partition coefficient (Wildman–Crippen LogP) is 3.98. The highest BCUT2D eigenvalue weighted by Gasteiger charge is 2.13. The van der Waals surface area contributed by atoms with E-state index in [1.165, 1.54) is 0 Å². The molecule has 0 aliphatic heterocycles. The number of fused-ring (bicyclic) bond motifs is 1. The van der Waals surface area contributed by atoms with Gasteiger partial charge in [-0.15, -0.1) is 0 Å². The summed E-state index contributed by atoms with van der Waals surface area (Å²) in [5.41, 5.74) is 3.47. The van der Waals surface area contributed by atoms with Crippen molar-refractivity contribution in [3.8, 4) is 0 Å². The first kappa shape index (κ1) is 16.0. The fourth-order valence-corrected chi connectivity index (χ4v) is 2.77. The lowest BCUT2D eigenvalue weighted by Gasteiger charge is -2.09. The molecule has 0 spiro atoms. The largest absolute Gasteiger partial charge is 0.423 e. The molecule has 0 saturated carbocycles. The molecule has 0 fully saturated rings. The summed E-state index contributed by atoms with van der Waals surface area (Å²) in [5, 5.41) is 3.74. The van der Waals surface area contributed by atoms with Gasteiger partial charge in [0.25, 0.3) is 0 Å². The smallest absolute Gasteiger partial charge is 0.339 e. The minimum Gasteiger partial charge on any atom is -0.423 e. The lowest BCUT2D eigenvalue weighted by atomic mass is 10.0. The number of carbonyl (C=O) groups is 1. The number of aryl methyl sites for hydroxylation is 2. The number of benzene rings is 2. The second-order valence-electron chi connectivity index (χ2n) is 5.91. The normalized spacial score (nSPS) is 10.8. The number of carbonyl (C=O) groups excluding carboxylic acids is 1. The molecule has 1 N–H and O–H groups in total. The van der Waals surface area contributed by atoms with Crippen molar-refractivity contribution in [2.24, 2.45) is 0 Å². The van der Waals surface area contributed by atoms with E-state index in [1.54, 1.807) is 0 Å². The summed E-state index contributed by atoms with van der Waals surface area (Å²) in [6, 6.07) is 15.1. The monoisotopic (exact) mass is 321 g/mol. The second-order valence-corrected chi connectivity index (χ2v) is 5.91. The van der Waals surface area contributed by atoms with Crippen LogP contribution in [-0.2, 0) is 11.2 Å². The maximum atomic E-state index is 12.2. The number of para-hydroxylation sites is 1. The summed E-state index contributed by atoms with van der Waals surface area (Å²) in [7, 11) is 0. The van der Waals surface area contributed by atoms with Crippen LogP contribution >= 0.6 is 0 Å². The number of hydrogen-bond acceptors (Lipinski definition) is 3. The first-order valence-corrected chi connectivity index (χ1v) is 7.92. The zero-order chi connectivity index (χ0) is 17.1. The van der Waals surface area contributed by atoms with Gasteiger partial charge in [-0.05, 0) is 49.6 Å². The number of rotatable bonds is 4. The summed E-state index contributed by atoms with van der Waals surface area (Å²) in [4.78, 5) is 24.3. The predicted molar refractivity (Wildman–Crippen MR) is 95.4 cm³/mol. The fourth-order valence-electron chi connectivity index (χ4n) is 2.77. The molecule has 1 heterocycles. The van der Waals surface area contributed by atoms with Crippen LogP contribution in [-0.4, -0.2) is 5.91 Å². The standard InChI is InChI=1S/C20H19NO3/c1-13-8-9-16-14(2)17(20(23)24-18(16)12-13)10-11-19(22)21-15-6-4-3-5-7-15/h3-9,12H,10-11H2,1-2H3,(H,21,22). The summed E-state index contributed by atoms with van der Waals surface area (Å²) in [5.74, 6) is -0.121. The number of nitrogens with one attached hydrogen (secondary N) is 1. The molecule has 3 aromatic rings.